The van der Waals surface area contributed by atoms with Crippen molar-refractivity contribution in [3.8, 4) is 28.2 Å². The first-order chi connectivity index (χ1) is 14.9. The van der Waals surface area contributed by atoms with Crippen molar-refractivity contribution < 1.29 is 24.2 Å². The molecule has 2 aromatic carbocycles. The van der Waals surface area contributed by atoms with Crippen molar-refractivity contribution in [1.29, 1.82) is 0 Å². The number of carboxylic acids is 1. The highest BCUT2D eigenvalue weighted by molar-refractivity contribution is 6.09. The molecule has 0 radical (unpaired) electrons. The minimum atomic E-state index is -1.20. The van der Waals surface area contributed by atoms with Gasteiger partial charge in [-0.05, 0) is 42.0 Å². The summed E-state index contributed by atoms with van der Waals surface area (Å²) >= 11 is 0. The van der Waals surface area contributed by atoms with E-state index in [0.29, 0.717) is 27.7 Å². The number of aromatic hydroxyl groups is 1. The van der Waals surface area contributed by atoms with Gasteiger partial charge in [-0.3, -0.25) is 9.59 Å². The van der Waals surface area contributed by atoms with E-state index in [4.69, 9.17) is 4.42 Å². The topological polar surface area (TPSA) is 117 Å². The number of aromatic carboxylic acids is 1. The second kappa shape index (κ2) is 8.71. The number of hydrogen-bond acceptors (Lipinski definition) is 5. The molecule has 3 N–H and O–H groups in total. The molecule has 0 bridgehead atoms. The van der Waals surface area contributed by atoms with Gasteiger partial charge < -0.3 is 19.9 Å². The zero-order valence-corrected chi connectivity index (χ0v) is 17.2. The summed E-state index contributed by atoms with van der Waals surface area (Å²) in [4.78, 5) is 35.8. The lowest BCUT2D eigenvalue weighted by atomic mass is 9.90. The third-order valence-corrected chi connectivity index (χ3v) is 4.69. The van der Waals surface area contributed by atoms with Gasteiger partial charge in [-0.25, -0.2) is 4.79 Å². The first-order valence-electron chi connectivity index (χ1n) is 9.68. The number of carbonyl (C=O) groups is 2. The molecular weight excluding hydrogens is 398 g/mol. The van der Waals surface area contributed by atoms with Gasteiger partial charge >= 0.3 is 5.97 Å². The van der Waals surface area contributed by atoms with E-state index in [1.165, 1.54) is 43.4 Å². The summed E-state index contributed by atoms with van der Waals surface area (Å²) < 4.78 is 5.78. The van der Waals surface area contributed by atoms with Crippen LogP contribution in [-0.4, -0.2) is 29.1 Å². The quantitative estimate of drug-likeness (QED) is 0.425. The molecular formula is C24H21NO6. The first-order valence-corrected chi connectivity index (χ1v) is 9.68. The van der Waals surface area contributed by atoms with Crippen molar-refractivity contribution in [3.05, 3.63) is 75.9 Å². The number of amides is 1. The zero-order valence-electron chi connectivity index (χ0n) is 17.2. The molecule has 4 rings (SSSR count). The highest BCUT2D eigenvalue weighted by Crippen LogP contribution is 2.42. The molecule has 31 heavy (non-hydrogen) atoms. The molecule has 0 saturated heterocycles. The predicted molar refractivity (Wildman–Crippen MR) is 118 cm³/mol. The highest BCUT2D eigenvalue weighted by Gasteiger charge is 2.22. The molecule has 1 heterocycles. The predicted octanol–water partition coefficient (Wildman–Crippen LogP) is 4.35. The Kier molecular flexibility index (Phi) is 6.06. The Bertz CT molecular complexity index is 1320. The summed E-state index contributed by atoms with van der Waals surface area (Å²) in [5.74, 6) is -1.37. The molecule has 158 valence electrons. The summed E-state index contributed by atoms with van der Waals surface area (Å²) in [5.41, 5.74) is 1.60. The molecule has 1 aliphatic carbocycles. The molecule has 1 aliphatic heterocycles. The molecule has 0 spiro atoms. The number of nitrogens with one attached hydrogen (secondary N) is 1. The lowest BCUT2D eigenvalue weighted by molar-refractivity contribution is 0.0697. The maximum absolute atomic E-state index is 12.0. The third kappa shape index (κ3) is 3.98. The van der Waals surface area contributed by atoms with Crippen molar-refractivity contribution in [1.82, 2.24) is 5.32 Å². The Labute approximate surface area is 177 Å². The van der Waals surface area contributed by atoms with Crippen LogP contribution in [0.3, 0.4) is 0 Å². The molecule has 7 nitrogen and oxygen atoms in total. The number of benzene rings is 3. The Hall–Kier alpha value is -4.13. The van der Waals surface area contributed by atoms with Crippen LogP contribution in [0.25, 0.3) is 33.4 Å². The van der Waals surface area contributed by atoms with Crippen molar-refractivity contribution >= 4 is 22.8 Å². The monoisotopic (exact) mass is 419 g/mol. The summed E-state index contributed by atoms with van der Waals surface area (Å²) in [5, 5.41) is 22.6. The van der Waals surface area contributed by atoms with Crippen LogP contribution in [0.1, 0.15) is 34.6 Å². The van der Waals surface area contributed by atoms with Crippen LogP contribution in [0.4, 0.5) is 0 Å². The summed E-state index contributed by atoms with van der Waals surface area (Å²) in [6.45, 7) is 4.00. The van der Waals surface area contributed by atoms with E-state index in [1.807, 2.05) is 13.8 Å². The van der Waals surface area contributed by atoms with Crippen molar-refractivity contribution in [2.75, 3.05) is 7.05 Å². The van der Waals surface area contributed by atoms with E-state index in [1.54, 1.807) is 18.2 Å². The number of rotatable bonds is 3. The normalized spacial score (nSPS) is 10.4. The number of carboxylic acid groups (broad SMARTS) is 1. The van der Waals surface area contributed by atoms with Gasteiger partial charge in [0.25, 0.3) is 5.91 Å². The number of hydrogen-bond donors (Lipinski definition) is 3. The minimum absolute atomic E-state index is 0.0294. The molecule has 1 amide bonds. The van der Waals surface area contributed by atoms with Gasteiger partial charge in [-0.15, -0.1) is 0 Å². The Balaban J connectivity index is 0.00000132. The molecule has 0 saturated carbocycles. The largest absolute Gasteiger partial charge is 0.508 e. The molecule has 0 aromatic heterocycles. The smallest absolute Gasteiger partial charge is 0.336 e. The molecule has 0 fully saturated rings. The fraction of sp³-hybridized carbons (Fsp3) is 0.125. The number of phenolic OH excluding ortho intramolecular Hbond substituents is 1. The summed E-state index contributed by atoms with van der Waals surface area (Å²) in [6.07, 6.45) is 0. The van der Waals surface area contributed by atoms with Gasteiger partial charge in [0.15, 0.2) is 5.43 Å². The van der Waals surface area contributed by atoms with Crippen LogP contribution >= 0.6 is 0 Å². The van der Waals surface area contributed by atoms with E-state index in [2.05, 4.69) is 5.32 Å². The number of fused-ring (bicyclic) bond motifs is 2. The van der Waals surface area contributed by atoms with Gasteiger partial charge in [-0.1, -0.05) is 19.9 Å². The molecule has 0 unspecified atom stereocenters. The van der Waals surface area contributed by atoms with E-state index >= 15 is 0 Å². The van der Waals surface area contributed by atoms with E-state index in [9.17, 15) is 24.6 Å². The van der Waals surface area contributed by atoms with E-state index in [-0.39, 0.29) is 28.1 Å². The Morgan fingerprint density at radius 3 is 2.32 bits per heavy atom. The first kappa shape index (κ1) is 21.6. The van der Waals surface area contributed by atoms with Crippen LogP contribution in [0, 0.1) is 0 Å². The molecule has 2 aliphatic rings. The SMILES string of the molecule is CC.CNC(=O)c1ccc(-c2c3ccc(=O)cc-3oc3cc(O)ccc23)c(C(=O)O)c1. The maximum atomic E-state index is 12.0. The van der Waals surface area contributed by atoms with Crippen molar-refractivity contribution in [2.24, 2.45) is 0 Å². The van der Waals surface area contributed by atoms with Crippen LogP contribution in [0.15, 0.2) is 63.8 Å². The van der Waals surface area contributed by atoms with Crippen LogP contribution in [-0.2, 0) is 0 Å². The van der Waals surface area contributed by atoms with Gasteiger partial charge in [0, 0.05) is 41.3 Å². The van der Waals surface area contributed by atoms with Gasteiger partial charge in [0.05, 0.1) is 5.56 Å². The fourth-order valence-corrected chi connectivity index (χ4v) is 3.37. The Morgan fingerprint density at radius 2 is 1.65 bits per heavy atom. The van der Waals surface area contributed by atoms with E-state index < -0.39 is 11.9 Å². The lowest BCUT2D eigenvalue weighted by Gasteiger charge is -2.17. The second-order valence-electron chi connectivity index (χ2n) is 6.46. The summed E-state index contributed by atoms with van der Waals surface area (Å²) in [7, 11) is 1.46. The zero-order chi connectivity index (χ0) is 22.7. The van der Waals surface area contributed by atoms with Crippen molar-refractivity contribution in [3.63, 3.8) is 0 Å². The standard InChI is InChI=1S/C22H15NO6.C2H6/c1-23-21(26)11-2-5-14(17(8-11)22(27)28)20-15-6-3-12(24)9-18(15)29-19-10-13(25)4-7-16(19)20;1-2/h2-10,24H,1H3,(H,23,26)(H,27,28);1-2H3. The second-order valence-corrected chi connectivity index (χ2v) is 6.46. The van der Waals surface area contributed by atoms with Crippen LogP contribution < -0.4 is 10.7 Å². The Morgan fingerprint density at radius 1 is 0.935 bits per heavy atom. The number of phenols is 1. The molecule has 0 atom stereocenters. The maximum Gasteiger partial charge on any atom is 0.336 e. The fourth-order valence-electron chi connectivity index (χ4n) is 3.37. The van der Waals surface area contributed by atoms with Gasteiger partial charge in [0.1, 0.15) is 17.1 Å². The molecule has 7 heteroatoms. The van der Waals surface area contributed by atoms with Crippen molar-refractivity contribution in [2.45, 2.75) is 13.8 Å². The average molecular weight is 419 g/mol. The van der Waals surface area contributed by atoms with Gasteiger partial charge in [-0.2, -0.15) is 0 Å². The van der Waals surface area contributed by atoms with Crippen LogP contribution in [0.2, 0.25) is 0 Å². The van der Waals surface area contributed by atoms with Crippen LogP contribution in [0.5, 0.6) is 5.75 Å². The highest BCUT2D eigenvalue weighted by atomic mass is 16.4. The minimum Gasteiger partial charge on any atom is -0.508 e. The molecule has 2 aromatic rings. The van der Waals surface area contributed by atoms with Gasteiger partial charge in [0.2, 0.25) is 0 Å². The number of carbonyl (C=O) groups excluding carboxylic acids is 1. The summed E-state index contributed by atoms with van der Waals surface area (Å²) in [6, 6.07) is 13.1. The average Bonchev–Trinajstić information content (AvgIpc) is 2.77. The lowest BCUT2D eigenvalue weighted by Crippen LogP contribution is -2.18. The third-order valence-electron chi connectivity index (χ3n) is 4.69. The van der Waals surface area contributed by atoms with E-state index in [0.717, 1.165) is 0 Å².